The van der Waals surface area contributed by atoms with Gasteiger partial charge in [0.1, 0.15) is 11.5 Å². The molecule has 0 amide bonds. The molecule has 2 aliphatic heterocycles. The largest absolute Gasteiger partial charge is 0.387 e. The maximum Gasteiger partial charge on any atom is 0.116 e. The highest BCUT2D eigenvalue weighted by Gasteiger charge is 2.57. The van der Waals surface area contributed by atoms with E-state index < -0.39 is 11.5 Å². The SMILES string of the molecule is CC(C)n1cc(C(O)C2(C#N)CC3CCC2O3)cn1. The Hall–Kier alpha value is -1.38. The van der Waals surface area contributed by atoms with Gasteiger partial charge >= 0.3 is 0 Å². The predicted molar refractivity (Wildman–Crippen MR) is 68.1 cm³/mol. The van der Waals surface area contributed by atoms with Crippen molar-refractivity contribution in [2.45, 2.75) is 57.5 Å². The topological polar surface area (TPSA) is 71.1 Å². The number of nitriles is 1. The van der Waals surface area contributed by atoms with Gasteiger partial charge in [-0.15, -0.1) is 0 Å². The summed E-state index contributed by atoms with van der Waals surface area (Å²) in [6.07, 6.45) is 5.18. The molecule has 19 heavy (non-hydrogen) atoms. The first-order valence-corrected chi connectivity index (χ1v) is 6.85. The zero-order valence-corrected chi connectivity index (χ0v) is 11.3. The van der Waals surface area contributed by atoms with E-state index in [4.69, 9.17) is 4.74 Å². The van der Waals surface area contributed by atoms with Crippen molar-refractivity contribution in [3.8, 4) is 6.07 Å². The number of aliphatic hydroxyl groups excluding tert-OH is 1. The molecule has 5 heteroatoms. The van der Waals surface area contributed by atoms with Gasteiger partial charge in [0.05, 0.1) is 24.5 Å². The molecule has 1 N–H and O–H groups in total. The van der Waals surface area contributed by atoms with E-state index in [-0.39, 0.29) is 18.2 Å². The molecule has 1 aromatic rings. The number of hydrogen-bond acceptors (Lipinski definition) is 4. The van der Waals surface area contributed by atoms with Crippen LogP contribution in [0.3, 0.4) is 0 Å². The Labute approximate surface area is 112 Å². The standard InChI is InChI=1S/C14H19N3O2/c1-9(2)17-7-10(6-16-17)13(18)14(8-15)5-11-3-4-12(14)19-11/h6-7,9,11-13,18H,3-5H2,1-2H3. The first kappa shape index (κ1) is 12.6. The summed E-state index contributed by atoms with van der Waals surface area (Å²) in [6.45, 7) is 4.06. The fourth-order valence-corrected chi connectivity index (χ4v) is 3.28. The van der Waals surface area contributed by atoms with Gasteiger partial charge in [0.2, 0.25) is 0 Å². The molecule has 2 aliphatic rings. The summed E-state index contributed by atoms with van der Waals surface area (Å²) in [4.78, 5) is 0. The van der Waals surface area contributed by atoms with Crippen molar-refractivity contribution < 1.29 is 9.84 Å². The Morgan fingerprint density at radius 3 is 2.84 bits per heavy atom. The van der Waals surface area contributed by atoms with Gasteiger partial charge in [0, 0.05) is 17.8 Å². The molecular weight excluding hydrogens is 242 g/mol. The molecule has 2 bridgehead atoms. The van der Waals surface area contributed by atoms with Crippen LogP contribution < -0.4 is 0 Å². The lowest BCUT2D eigenvalue weighted by atomic mass is 9.70. The smallest absolute Gasteiger partial charge is 0.116 e. The average molecular weight is 261 g/mol. The zero-order chi connectivity index (χ0) is 13.6. The van der Waals surface area contributed by atoms with Crippen molar-refractivity contribution in [1.29, 1.82) is 5.26 Å². The summed E-state index contributed by atoms with van der Waals surface area (Å²) in [5.41, 5.74) is -0.0836. The Balaban J connectivity index is 1.90. The quantitative estimate of drug-likeness (QED) is 0.902. The van der Waals surface area contributed by atoms with Gasteiger partial charge in [-0.3, -0.25) is 4.68 Å². The lowest BCUT2D eigenvalue weighted by Crippen LogP contribution is -2.37. The molecule has 0 aliphatic carbocycles. The molecule has 3 rings (SSSR count). The van der Waals surface area contributed by atoms with Crippen LogP contribution in [0.2, 0.25) is 0 Å². The van der Waals surface area contributed by atoms with Gasteiger partial charge in [0.15, 0.2) is 0 Å². The van der Waals surface area contributed by atoms with Crippen LogP contribution in [0.5, 0.6) is 0 Å². The van der Waals surface area contributed by atoms with E-state index in [1.54, 1.807) is 10.9 Å². The van der Waals surface area contributed by atoms with Gasteiger partial charge < -0.3 is 9.84 Å². The third-order valence-electron chi connectivity index (χ3n) is 4.41. The summed E-state index contributed by atoms with van der Waals surface area (Å²) in [5.74, 6) is 0. The molecule has 4 unspecified atom stereocenters. The van der Waals surface area contributed by atoms with Crippen LogP contribution in [0.4, 0.5) is 0 Å². The third kappa shape index (κ3) is 1.78. The van der Waals surface area contributed by atoms with Crippen molar-refractivity contribution in [3.05, 3.63) is 18.0 Å². The van der Waals surface area contributed by atoms with E-state index in [1.807, 2.05) is 20.0 Å². The molecule has 5 nitrogen and oxygen atoms in total. The van der Waals surface area contributed by atoms with Crippen molar-refractivity contribution in [2.24, 2.45) is 5.41 Å². The first-order chi connectivity index (χ1) is 9.06. The summed E-state index contributed by atoms with van der Waals surface area (Å²) in [6, 6.07) is 2.58. The molecule has 2 fully saturated rings. The predicted octanol–water partition coefficient (Wildman–Crippen LogP) is 1.96. The van der Waals surface area contributed by atoms with Crippen LogP contribution in [0.1, 0.15) is 50.8 Å². The molecule has 0 spiro atoms. The van der Waals surface area contributed by atoms with Gasteiger partial charge in [-0.2, -0.15) is 10.4 Å². The Bertz CT molecular complexity index is 519. The molecule has 102 valence electrons. The van der Waals surface area contributed by atoms with Crippen molar-refractivity contribution in [3.63, 3.8) is 0 Å². The van der Waals surface area contributed by atoms with E-state index >= 15 is 0 Å². The average Bonchev–Trinajstić information content (AvgIpc) is 3.12. The van der Waals surface area contributed by atoms with Crippen LogP contribution in [-0.2, 0) is 4.74 Å². The number of hydrogen-bond donors (Lipinski definition) is 1. The van der Waals surface area contributed by atoms with Gasteiger partial charge in [-0.25, -0.2) is 0 Å². The molecular formula is C14H19N3O2. The van der Waals surface area contributed by atoms with E-state index in [9.17, 15) is 10.4 Å². The Morgan fingerprint density at radius 1 is 1.58 bits per heavy atom. The minimum absolute atomic E-state index is 0.138. The number of ether oxygens (including phenoxy) is 1. The van der Waals surface area contributed by atoms with Crippen LogP contribution in [0, 0.1) is 16.7 Å². The van der Waals surface area contributed by atoms with E-state index in [0.717, 1.165) is 12.8 Å². The molecule has 0 radical (unpaired) electrons. The van der Waals surface area contributed by atoms with Crippen LogP contribution >= 0.6 is 0 Å². The van der Waals surface area contributed by atoms with E-state index in [2.05, 4.69) is 11.2 Å². The molecule has 1 aromatic heterocycles. The summed E-state index contributed by atoms with van der Waals surface area (Å²) >= 11 is 0. The van der Waals surface area contributed by atoms with Crippen molar-refractivity contribution in [2.75, 3.05) is 0 Å². The lowest BCUT2D eigenvalue weighted by Gasteiger charge is -2.32. The number of fused-ring (bicyclic) bond motifs is 2. The highest BCUT2D eigenvalue weighted by atomic mass is 16.5. The zero-order valence-electron chi connectivity index (χ0n) is 11.3. The molecule has 0 saturated carbocycles. The second kappa shape index (κ2) is 4.32. The maximum absolute atomic E-state index is 10.6. The van der Waals surface area contributed by atoms with E-state index in [1.165, 1.54) is 0 Å². The highest BCUT2D eigenvalue weighted by Crippen LogP contribution is 2.53. The number of nitrogens with zero attached hydrogens (tertiary/aromatic N) is 3. The molecule has 0 aromatic carbocycles. The summed E-state index contributed by atoms with van der Waals surface area (Å²) < 4.78 is 7.57. The summed E-state index contributed by atoms with van der Waals surface area (Å²) in [7, 11) is 0. The molecule has 2 saturated heterocycles. The van der Waals surface area contributed by atoms with Gasteiger partial charge in [-0.1, -0.05) is 0 Å². The second-order valence-electron chi connectivity index (χ2n) is 5.93. The lowest BCUT2D eigenvalue weighted by molar-refractivity contribution is 0.00336. The van der Waals surface area contributed by atoms with Crippen LogP contribution in [-0.4, -0.2) is 27.1 Å². The third-order valence-corrected chi connectivity index (χ3v) is 4.41. The highest BCUT2D eigenvalue weighted by molar-refractivity contribution is 5.23. The first-order valence-electron chi connectivity index (χ1n) is 6.85. The Morgan fingerprint density at radius 2 is 2.37 bits per heavy atom. The fraction of sp³-hybridized carbons (Fsp3) is 0.714. The van der Waals surface area contributed by atoms with Crippen molar-refractivity contribution >= 4 is 0 Å². The minimum Gasteiger partial charge on any atom is -0.387 e. The van der Waals surface area contributed by atoms with E-state index in [0.29, 0.717) is 12.0 Å². The normalized spacial score (nSPS) is 34.7. The monoisotopic (exact) mass is 261 g/mol. The Kier molecular flexibility index (Phi) is 2.88. The molecule has 4 atom stereocenters. The minimum atomic E-state index is -0.819. The van der Waals surface area contributed by atoms with Crippen LogP contribution in [0.15, 0.2) is 12.4 Å². The number of aromatic nitrogens is 2. The second-order valence-corrected chi connectivity index (χ2v) is 5.93. The number of aliphatic hydroxyl groups is 1. The van der Waals surface area contributed by atoms with Gasteiger partial charge in [0.25, 0.3) is 0 Å². The van der Waals surface area contributed by atoms with Gasteiger partial charge in [-0.05, 0) is 33.1 Å². The van der Waals surface area contributed by atoms with Crippen LogP contribution in [0.25, 0.3) is 0 Å². The number of rotatable bonds is 3. The summed E-state index contributed by atoms with van der Waals surface area (Å²) in [5, 5.41) is 24.4. The molecule has 3 heterocycles. The maximum atomic E-state index is 10.6. The fourth-order valence-electron chi connectivity index (χ4n) is 3.28. The van der Waals surface area contributed by atoms with Crippen molar-refractivity contribution in [1.82, 2.24) is 9.78 Å².